The summed E-state index contributed by atoms with van der Waals surface area (Å²) in [6.07, 6.45) is -3.84. The molecule has 0 spiro atoms. The first-order valence-corrected chi connectivity index (χ1v) is 8.84. The topological polar surface area (TPSA) is 64.9 Å². The minimum atomic E-state index is -4.41. The van der Waals surface area contributed by atoms with Gasteiger partial charge in [0.05, 0.1) is 22.7 Å². The molecule has 0 saturated heterocycles. The van der Waals surface area contributed by atoms with E-state index in [0.717, 1.165) is 22.7 Å². The predicted octanol–water partition coefficient (Wildman–Crippen LogP) is 1.34. The highest BCUT2D eigenvalue weighted by atomic mass is 32.2. The summed E-state index contributed by atoms with van der Waals surface area (Å²) in [6, 6.07) is 3.68. The molecule has 1 N–H and O–H groups in total. The zero-order valence-electron chi connectivity index (χ0n) is 12.9. The molecule has 1 heterocycles. The number of unbranched alkanes of at least 4 members (excludes halogenated alkanes) is 1. The van der Waals surface area contributed by atoms with E-state index in [1.807, 2.05) is 18.9 Å². The average Bonchev–Trinajstić information content (AvgIpc) is 2.65. The van der Waals surface area contributed by atoms with Crippen LogP contribution in [-0.2, 0) is 16.3 Å². The van der Waals surface area contributed by atoms with Gasteiger partial charge in [-0.15, -0.1) is 0 Å². The van der Waals surface area contributed by atoms with Crippen molar-refractivity contribution in [3.8, 4) is 0 Å². The van der Waals surface area contributed by atoms with Crippen LogP contribution in [0.25, 0.3) is 0 Å². The maximum absolute atomic E-state index is 12.9. The Hall–Kier alpha value is -1.32. The SMILES string of the molecule is CC1N(CCCCS(=O)(=O)[O-])c2cc(C(F)(F)F)ccc2[NH+]1C. The van der Waals surface area contributed by atoms with Crippen molar-refractivity contribution in [3.05, 3.63) is 23.8 Å². The smallest absolute Gasteiger partial charge is 0.416 e. The molecule has 0 aliphatic carbocycles. The van der Waals surface area contributed by atoms with Crippen molar-refractivity contribution in [1.82, 2.24) is 0 Å². The van der Waals surface area contributed by atoms with Crippen LogP contribution in [0.4, 0.5) is 24.5 Å². The van der Waals surface area contributed by atoms with E-state index in [9.17, 15) is 26.1 Å². The maximum atomic E-state index is 12.9. The standard InChI is InChI=1S/C14H19F3N2O3S/c1-10-18(2)12-6-5-11(14(15,16)17)9-13(12)19(10)7-3-4-8-23(20,21)22/h5-6,9-10H,3-4,7-8H2,1-2H3,(H,20,21,22). The number of benzene rings is 1. The number of halogens is 3. The summed E-state index contributed by atoms with van der Waals surface area (Å²) in [7, 11) is -2.38. The van der Waals surface area contributed by atoms with Gasteiger partial charge in [-0.3, -0.25) is 4.90 Å². The number of hydrogen-bond acceptors (Lipinski definition) is 4. The predicted molar refractivity (Wildman–Crippen MR) is 78.6 cm³/mol. The molecule has 0 amide bonds. The summed E-state index contributed by atoms with van der Waals surface area (Å²) in [4.78, 5) is 2.81. The van der Waals surface area contributed by atoms with E-state index in [1.54, 1.807) is 0 Å². The highest BCUT2D eigenvalue weighted by molar-refractivity contribution is 7.85. The van der Waals surface area contributed by atoms with Crippen LogP contribution in [0.15, 0.2) is 18.2 Å². The monoisotopic (exact) mass is 352 g/mol. The van der Waals surface area contributed by atoms with Gasteiger partial charge in [0.2, 0.25) is 0 Å². The number of fused-ring (bicyclic) bond motifs is 1. The van der Waals surface area contributed by atoms with Gasteiger partial charge in [0.25, 0.3) is 0 Å². The summed E-state index contributed by atoms with van der Waals surface area (Å²) in [5, 5.41) is 0. The lowest BCUT2D eigenvalue weighted by atomic mass is 10.1. The number of nitrogens with zero attached hydrogens (tertiary/aromatic N) is 1. The van der Waals surface area contributed by atoms with Crippen molar-refractivity contribution >= 4 is 21.5 Å². The van der Waals surface area contributed by atoms with Crippen molar-refractivity contribution in [2.75, 3.05) is 24.2 Å². The van der Waals surface area contributed by atoms with Crippen LogP contribution in [0.5, 0.6) is 0 Å². The zero-order chi connectivity index (χ0) is 17.4. The summed E-state index contributed by atoms with van der Waals surface area (Å²) in [6.45, 7) is 2.30. The Morgan fingerprint density at radius 2 is 1.96 bits per heavy atom. The normalized spacial score (nSPS) is 21.6. The van der Waals surface area contributed by atoms with Gasteiger partial charge in [-0.1, -0.05) is 0 Å². The Bertz CT molecular complexity index is 676. The Labute approximate surface area is 133 Å². The van der Waals surface area contributed by atoms with E-state index in [0.29, 0.717) is 18.7 Å². The van der Waals surface area contributed by atoms with Crippen LogP contribution >= 0.6 is 0 Å². The van der Waals surface area contributed by atoms with Crippen LogP contribution in [0.2, 0.25) is 0 Å². The van der Waals surface area contributed by atoms with Gasteiger partial charge in [0, 0.05) is 25.3 Å². The van der Waals surface area contributed by atoms with Crippen molar-refractivity contribution in [1.29, 1.82) is 0 Å². The van der Waals surface area contributed by atoms with E-state index in [2.05, 4.69) is 0 Å². The van der Waals surface area contributed by atoms with E-state index < -0.39 is 27.6 Å². The molecule has 1 aromatic carbocycles. The fraction of sp³-hybridized carbons (Fsp3) is 0.571. The minimum Gasteiger partial charge on any atom is -0.748 e. The lowest BCUT2D eigenvalue weighted by Crippen LogP contribution is -3.07. The first-order valence-electron chi connectivity index (χ1n) is 7.26. The second-order valence-electron chi connectivity index (χ2n) is 5.75. The zero-order valence-corrected chi connectivity index (χ0v) is 13.7. The molecule has 0 radical (unpaired) electrons. The van der Waals surface area contributed by atoms with Crippen molar-refractivity contribution in [2.45, 2.75) is 32.1 Å². The third kappa shape index (κ3) is 4.15. The Balaban J connectivity index is 2.16. The molecule has 1 aromatic rings. The van der Waals surface area contributed by atoms with Gasteiger partial charge < -0.3 is 9.45 Å². The van der Waals surface area contributed by atoms with Crippen LogP contribution in [-0.4, -0.2) is 38.5 Å². The van der Waals surface area contributed by atoms with Gasteiger partial charge >= 0.3 is 6.18 Å². The summed E-state index contributed by atoms with van der Waals surface area (Å²) in [5.74, 6) is -0.451. The molecule has 5 nitrogen and oxygen atoms in total. The van der Waals surface area contributed by atoms with Crippen LogP contribution in [0, 0.1) is 0 Å². The number of alkyl halides is 3. The maximum Gasteiger partial charge on any atom is 0.416 e. The molecule has 1 aliphatic heterocycles. The molecule has 1 aliphatic rings. The van der Waals surface area contributed by atoms with Crippen molar-refractivity contribution in [3.63, 3.8) is 0 Å². The highest BCUT2D eigenvalue weighted by Gasteiger charge is 2.38. The minimum absolute atomic E-state index is 0.0580. The molecular weight excluding hydrogens is 333 g/mol. The quantitative estimate of drug-likeness (QED) is 0.642. The molecule has 0 saturated carbocycles. The summed E-state index contributed by atoms with van der Waals surface area (Å²) in [5.41, 5.74) is 0.585. The molecule has 23 heavy (non-hydrogen) atoms. The number of anilines is 1. The summed E-state index contributed by atoms with van der Waals surface area (Å²) >= 11 is 0. The number of nitrogens with one attached hydrogen (secondary N) is 1. The largest absolute Gasteiger partial charge is 0.748 e. The molecule has 9 heteroatoms. The number of rotatable bonds is 5. The van der Waals surface area contributed by atoms with E-state index in [-0.39, 0.29) is 12.6 Å². The van der Waals surface area contributed by atoms with Crippen molar-refractivity contribution < 1.29 is 31.0 Å². The third-order valence-corrected chi connectivity index (χ3v) is 4.99. The Kier molecular flexibility index (Phi) is 4.93. The first-order chi connectivity index (χ1) is 10.5. The Morgan fingerprint density at radius 3 is 2.52 bits per heavy atom. The molecule has 2 unspecified atom stereocenters. The molecular formula is C14H19F3N2O3S. The molecule has 0 aromatic heterocycles. The molecule has 0 fully saturated rings. The second kappa shape index (κ2) is 6.29. The third-order valence-electron chi connectivity index (χ3n) is 4.20. The molecule has 130 valence electrons. The highest BCUT2D eigenvalue weighted by Crippen LogP contribution is 2.36. The van der Waals surface area contributed by atoms with E-state index in [4.69, 9.17) is 0 Å². The van der Waals surface area contributed by atoms with Gasteiger partial charge in [0.15, 0.2) is 11.9 Å². The molecule has 0 bridgehead atoms. The van der Waals surface area contributed by atoms with Gasteiger partial charge in [0.1, 0.15) is 5.69 Å². The first kappa shape index (κ1) is 18.0. The summed E-state index contributed by atoms with van der Waals surface area (Å²) < 4.78 is 70.5. The average molecular weight is 352 g/mol. The van der Waals surface area contributed by atoms with E-state index in [1.165, 1.54) is 6.07 Å². The van der Waals surface area contributed by atoms with Gasteiger partial charge in [-0.05, 0) is 25.0 Å². The van der Waals surface area contributed by atoms with Gasteiger partial charge in [-0.2, -0.15) is 13.2 Å². The lowest BCUT2D eigenvalue weighted by Gasteiger charge is -2.23. The molecule has 2 rings (SSSR count). The van der Waals surface area contributed by atoms with Crippen LogP contribution < -0.4 is 9.80 Å². The van der Waals surface area contributed by atoms with Crippen LogP contribution in [0.1, 0.15) is 25.3 Å². The fourth-order valence-corrected chi connectivity index (χ4v) is 3.38. The van der Waals surface area contributed by atoms with Crippen LogP contribution in [0.3, 0.4) is 0 Å². The van der Waals surface area contributed by atoms with Crippen molar-refractivity contribution in [2.24, 2.45) is 0 Å². The lowest BCUT2D eigenvalue weighted by molar-refractivity contribution is -0.829. The van der Waals surface area contributed by atoms with Gasteiger partial charge in [-0.25, -0.2) is 8.42 Å². The molecule has 2 atom stereocenters. The van der Waals surface area contributed by atoms with E-state index >= 15 is 0 Å². The number of hydrogen-bond donors (Lipinski definition) is 1. The fourth-order valence-electron chi connectivity index (χ4n) is 2.82. The second-order valence-corrected chi connectivity index (χ2v) is 7.27. The number of quaternary nitrogens is 1. The Morgan fingerprint density at radius 1 is 1.30 bits per heavy atom.